The average molecular weight is 227 g/mol. The van der Waals surface area contributed by atoms with Crippen LogP contribution in [-0.4, -0.2) is 22.4 Å². The van der Waals surface area contributed by atoms with Crippen LogP contribution in [-0.2, 0) is 0 Å². The zero-order valence-electron chi connectivity index (χ0n) is 8.69. The van der Waals surface area contributed by atoms with E-state index in [9.17, 15) is 9.90 Å². The Morgan fingerprint density at radius 3 is 2.53 bits per heavy atom. The summed E-state index contributed by atoms with van der Waals surface area (Å²) in [7, 11) is 0. The summed E-state index contributed by atoms with van der Waals surface area (Å²) in [4.78, 5) is 11.7. The molecule has 0 saturated heterocycles. The van der Waals surface area contributed by atoms with E-state index in [1.807, 2.05) is 13.0 Å². The Bertz CT molecular complexity index is 311. The summed E-state index contributed by atoms with van der Waals surface area (Å²) < 4.78 is 0. The Balaban J connectivity index is 2.69. The Labute approximate surface area is 94.9 Å². The molecule has 0 amide bonds. The second-order valence-corrected chi connectivity index (χ2v) is 4.04. The molecule has 1 rings (SSSR count). The summed E-state index contributed by atoms with van der Waals surface area (Å²) in [5.74, 6) is -0.302. The number of benzene rings is 1. The van der Waals surface area contributed by atoms with E-state index < -0.39 is 11.5 Å². The molecule has 2 nitrogen and oxygen atoms in total. The van der Waals surface area contributed by atoms with Crippen molar-refractivity contribution in [2.45, 2.75) is 31.2 Å². The van der Waals surface area contributed by atoms with Crippen LogP contribution in [0.3, 0.4) is 0 Å². The predicted octanol–water partition coefficient (Wildman–Crippen LogP) is 2.64. The summed E-state index contributed by atoms with van der Waals surface area (Å²) in [6.07, 6.45) is 0.392. The Kier molecular flexibility index (Phi) is 4.79. The molecule has 3 heteroatoms. The molecule has 0 spiro atoms. The molecule has 0 aromatic heterocycles. The smallest absolute Gasteiger partial charge is 0.192 e. The lowest BCUT2D eigenvalue weighted by Crippen LogP contribution is -2.30. The first-order chi connectivity index (χ1) is 7.16. The highest BCUT2D eigenvalue weighted by atomic mass is 35.5. The molecule has 0 fully saturated rings. The van der Waals surface area contributed by atoms with Crippen LogP contribution in [0, 0.1) is 0 Å². The third-order valence-electron chi connectivity index (χ3n) is 2.23. The molecule has 0 heterocycles. The van der Waals surface area contributed by atoms with Gasteiger partial charge in [0, 0.05) is 5.56 Å². The van der Waals surface area contributed by atoms with E-state index in [2.05, 4.69) is 0 Å². The van der Waals surface area contributed by atoms with Crippen molar-refractivity contribution in [1.82, 2.24) is 0 Å². The van der Waals surface area contributed by atoms with Gasteiger partial charge in [0.05, 0.1) is 5.38 Å². The van der Waals surface area contributed by atoms with Crippen LogP contribution < -0.4 is 0 Å². The molecular weight excluding hydrogens is 212 g/mol. The number of ketones is 1. The highest BCUT2D eigenvalue weighted by molar-refractivity contribution is 6.23. The Morgan fingerprint density at radius 2 is 2.00 bits per heavy atom. The van der Waals surface area contributed by atoms with E-state index in [1.54, 1.807) is 24.3 Å². The molecule has 82 valence electrons. The van der Waals surface area contributed by atoms with Crippen molar-refractivity contribution in [3.63, 3.8) is 0 Å². The third-order valence-corrected chi connectivity index (χ3v) is 2.69. The van der Waals surface area contributed by atoms with Crippen LogP contribution in [0.25, 0.3) is 0 Å². The van der Waals surface area contributed by atoms with Gasteiger partial charge in [0.15, 0.2) is 5.78 Å². The molecule has 1 N–H and O–H groups in total. The largest absolute Gasteiger partial charge is 0.383 e. The number of hydrogen-bond acceptors (Lipinski definition) is 2. The lowest BCUT2D eigenvalue weighted by atomic mass is 10.0. The van der Waals surface area contributed by atoms with Crippen molar-refractivity contribution >= 4 is 17.4 Å². The molecule has 0 saturated carbocycles. The van der Waals surface area contributed by atoms with E-state index in [4.69, 9.17) is 11.6 Å². The van der Waals surface area contributed by atoms with Gasteiger partial charge in [-0.1, -0.05) is 43.7 Å². The van der Waals surface area contributed by atoms with E-state index in [0.717, 1.165) is 6.42 Å². The first-order valence-corrected chi connectivity index (χ1v) is 5.52. The van der Waals surface area contributed by atoms with Crippen LogP contribution in [0.15, 0.2) is 30.3 Å². The number of Topliss-reactive ketones (excluding diaryl/α,β-unsaturated/α-hetero) is 1. The maximum atomic E-state index is 11.7. The van der Waals surface area contributed by atoms with Crippen LogP contribution in [0.2, 0.25) is 0 Å². The van der Waals surface area contributed by atoms with Gasteiger partial charge >= 0.3 is 0 Å². The van der Waals surface area contributed by atoms with E-state index in [0.29, 0.717) is 12.0 Å². The van der Waals surface area contributed by atoms with Crippen LogP contribution in [0.1, 0.15) is 30.1 Å². The minimum atomic E-state index is -1.10. The van der Waals surface area contributed by atoms with Crippen molar-refractivity contribution in [2.75, 3.05) is 0 Å². The lowest BCUT2D eigenvalue weighted by molar-refractivity contribution is 0.0734. The maximum Gasteiger partial charge on any atom is 0.192 e. The van der Waals surface area contributed by atoms with Gasteiger partial charge in [0.2, 0.25) is 0 Å². The first-order valence-electron chi connectivity index (χ1n) is 5.08. The van der Waals surface area contributed by atoms with Gasteiger partial charge < -0.3 is 5.11 Å². The van der Waals surface area contributed by atoms with Crippen LogP contribution in [0.4, 0.5) is 0 Å². The molecule has 0 aliphatic carbocycles. The third kappa shape index (κ3) is 3.33. The number of aliphatic hydroxyl groups is 1. The van der Waals surface area contributed by atoms with E-state index >= 15 is 0 Å². The van der Waals surface area contributed by atoms with Crippen LogP contribution in [0.5, 0.6) is 0 Å². The molecule has 2 unspecified atom stereocenters. The number of alkyl halides is 1. The van der Waals surface area contributed by atoms with Crippen LogP contribution >= 0.6 is 11.6 Å². The fourth-order valence-electron chi connectivity index (χ4n) is 1.37. The predicted molar refractivity (Wildman–Crippen MR) is 61.3 cm³/mol. The zero-order valence-corrected chi connectivity index (χ0v) is 9.45. The molecule has 2 atom stereocenters. The average Bonchev–Trinajstić information content (AvgIpc) is 2.28. The normalized spacial score (nSPS) is 14.6. The van der Waals surface area contributed by atoms with Crippen molar-refractivity contribution in [3.05, 3.63) is 35.9 Å². The quantitative estimate of drug-likeness (QED) is 0.619. The number of carbonyl (C=O) groups is 1. The summed E-state index contributed by atoms with van der Waals surface area (Å²) in [5.41, 5.74) is 0.506. The molecule has 1 aromatic carbocycles. The molecule has 15 heavy (non-hydrogen) atoms. The summed E-state index contributed by atoms with van der Waals surface area (Å²) in [6.45, 7) is 1.97. The minimum absolute atomic E-state index is 0.302. The van der Waals surface area contributed by atoms with E-state index in [-0.39, 0.29) is 5.78 Å². The molecule has 0 radical (unpaired) electrons. The SMILES string of the molecule is CCCC(Cl)C(O)C(=O)c1ccccc1. The number of hydrogen-bond donors (Lipinski definition) is 1. The summed E-state index contributed by atoms with van der Waals surface area (Å²) in [6, 6.07) is 8.72. The standard InChI is InChI=1S/C12H15ClO2/c1-2-6-10(13)12(15)11(14)9-7-4-3-5-8-9/h3-5,7-8,10,12,15H,2,6H2,1H3. The lowest BCUT2D eigenvalue weighted by Gasteiger charge is -2.14. The molecule has 0 aliphatic heterocycles. The van der Waals surface area contributed by atoms with Crippen molar-refractivity contribution < 1.29 is 9.90 Å². The topological polar surface area (TPSA) is 37.3 Å². The van der Waals surface area contributed by atoms with E-state index in [1.165, 1.54) is 0 Å². The van der Waals surface area contributed by atoms with Gasteiger partial charge in [0.1, 0.15) is 6.10 Å². The van der Waals surface area contributed by atoms with Gasteiger partial charge in [-0.3, -0.25) is 4.79 Å². The summed E-state index contributed by atoms with van der Waals surface area (Å²) in [5, 5.41) is 9.19. The van der Waals surface area contributed by atoms with Crippen molar-refractivity contribution in [3.8, 4) is 0 Å². The maximum absolute atomic E-state index is 11.7. The minimum Gasteiger partial charge on any atom is -0.383 e. The molecular formula is C12H15ClO2. The molecule has 0 bridgehead atoms. The van der Waals surface area contributed by atoms with Gasteiger partial charge in [-0.05, 0) is 6.42 Å². The van der Waals surface area contributed by atoms with Gasteiger partial charge in [-0.15, -0.1) is 11.6 Å². The Morgan fingerprint density at radius 1 is 1.40 bits per heavy atom. The number of halogens is 1. The highest BCUT2D eigenvalue weighted by Gasteiger charge is 2.24. The zero-order chi connectivity index (χ0) is 11.3. The monoisotopic (exact) mass is 226 g/mol. The van der Waals surface area contributed by atoms with Gasteiger partial charge in [-0.2, -0.15) is 0 Å². The van der Waals surface area contributed by atoms with Crippen molar-refractivity contribution in [1.29, 1.82) is 0 Å². The van der Waals surface area contributed by atoms with Crippen molar-refractivity contribution in [2.24, 2.45) is 0 Å². The highest BCUT2D eigenvalue weighted by Crippen LogP contribution is 2.14. The first kappa shape index (κ1) is 12.2. The number of aliphatic hydroxyl groups excluding tert-OH is 1. The number of carbonyl (C=O) groups excluding carboxylic acids is 1. The second-order valence-electron chi connectivity index (χ2n) is 3.48. The van der Waals surface area contributed by atoms with Gasteiger partial charge in [0.25, 0.3) is 0 Å². The van der Waals surface area contributed by atoms with Gasteiger partial charge in [-0.25, -0.2) is 0 Å². The molecule has 0 aliphatic rings. The fourth-order valence-corrected chi connectivity index (χ4v) is 1.70. The molecule has 1 aromatic rings. The fraction of sp³-hybridized carbons (Fsp3) is 0.417. The summed E-state index contributed by atoms with van der Waals surface area (Å²) >= 11 is 5.91. The second kappa shape index (κ2) is 5.89. The Hall–Kier alpha value is -0.860. The number of rotatable bonds is 5.